The normalized spacial score (nSPS) is 11.3. The van der Waals surface area contributed by atoms with Crippen molar-refractivity contribution in [3.05, 3.63) is 65.0 Å². The van der Waals surface area contributed by atoms with Gasteiger partial charge in [0.25, 0.3) is 5.56 Å². The predicted octanol–water partition coefficient (Wildman–Crippen LogP) is 3.41. The van der Waals surface area contributed by atoms with Gasteiger partial charge < -0.3 is 4.90 Å². The van der Waals surface area contributed by atoms with Gasteiger partial charge in [-0.15, -0.1) is 0 Å². The van der Waals surface area contributed by atoms with Crippen LogP contribution in [-0.4, -0.2) is 34.3 Å². The Kier molecular flexibility index (Phi) is 5.06. The summed E-state index contributed by atoms with van der Waals surface area (Å²) in [5, 5.41) is 6.33. The number of hydrogen-bond acceptors (Lipinski definition) is 3. The molecule has 3 rings (SSSR count). The molecule has 0 saturated heterocycles. The van der Waals surface area contributed by atoms with Gasteiger partial charge in [-0.25, -0.2) is 4.68 Å². The van der Waals surface area contributed by atoms with Crippen molar-refractivity contribution in [3.63, 3.8) is 0 Å². The van der Waals surface area contributed by atoms with Crippen LogP contribution < -0.4 is 5.56 Å². The zero-order valence-electron chi connectivity index (χ0n) is 14.3. The molecule has 4 nitrogen and oxygen atoms in total. The lowest BCUT2D eigenvalue weighted by Crippen LogP contribution is -2.32. The van der Waals surface area contributed by atoms with E-state index in [-0.39, 0.29) is 5.56 Å². The molecule has 0 aliphatic heterocycles. The fourth-order valence-electron chi connectivity index (χ4n) is 2.97. The molecule has 1 heterocycles. The van der Waals surface area contributed by atoms with E-state index in [0.717, 1.165) is 41.7 Å². The predicted molar refractivity (Wildman–Crippen MR) is 99.2 cm³/mol. The van der Waals surface area contributed by atoms with Gasteiger partial charge in [-0.2, -0.15) is 5.10 Å². The summed E-state index contributed by atoms with van der Waals surface area (Å²) in [6, 6.07) is 17.8. The SMILES string of the molecule is CCN(CC)CCn1nc(-c2ccccc2)c2ccccc2c1=O. The van der Waals surface area contributed by atoms with Gasteiger partial charge in [0.15, 0.2) is 0 Å². The van der Waals surface area contributed by atoms with E-state index in [0.29, 0.717) is 6.54 Å². The maximum absolute atomic E-state index is 12.8. The Balaban J connectivity index is 2.10. The van der Waals surface area contributed by atoms with Crippen molar-refractivity contribution < 1.29 is 0 Å². The van der Waals surface area contributed by atoms with E-state index >= 15 is 0 Å². The monoisotopic (exact) mass is 321 g/mol. The molecule has 24 heavy (non-hydrogen) atoms. The lowest BCUT2D eigenvalue weighted by molar-refractivity contribution is 0.283. The van der Waals surface area contributed by atoms with E-state index < -0.39 is 0 Å². The van der Waals surface area contributed by atoms with Gasteiger partial charge in [0.05, 0.1) is 17.6 Å². The van der Waals surface area contributed by atoms with Crippen molar-refractivity contribution in [2.24, 2.45) is 0 Å². The average molecular weight is 321 g/mol. The van der Waals surface area contributed by atoms with Gasteiger partial charge in [0.2, 0.25) is 0 Å². The highest BCUT2D eigenvalue weighted by Gasteiger charge is 2.12. The topological polar surface area (TPSA) is 38.1 Å². The molecule has 0 spiro atoms. The largest absolute Gasteiger partial charge is 0.302 e. The average Bonchev–Trinajstić information content (AvgIpc) is 2.65. The lowest BCUT2D eigenvalue weighted by atomic mass is 10.1. The van der Waals surface area contributed by atoms with Crippen LogP contribution in [0.15, 0.2) is 59.4 Å². The first-order valence-electron chi connectivity index (χ1n) is 8.52. The molecule has 0 bridgehead atoms. The molecule has 0 fully saturated rings. The Morgan fingerprint density at radius 2 is 1.54 bits per heavy atom. The first-order chi connectivity index (χ1) is 11.7. The third-order valence-electron chi connectivity index (χ3n) is 4.44. The molecular formula is C20H23N3O. The minimum Gasteiger partial charge on any atom is -0.302 e. The summed E-state index contributed by atoms with van der Waals surface area (Å²) in [4.78, 5) is 15.1. The molecule has 3 aromatic rings. The molecular weight excluding hydrogens is 298 g/mol. The Bertz CT molecular complexity index is 867. The number of aromatic nitrogens is 2. The molecule has 0 saturated carbocycles. The third kappa shape index (κ3) is 3.24. The van der Waals surface area contributed by atoms with E-state index in [9.17, 15) is 4.79 Å². The van der Waals surface area contributed by atoms with Crippen molar-refractivity contribution in [2.75, 3.05) is 19.6 Å². The van der Waals surface area contributed by atoms with Gasteiger partial charge in [0, 0.05) is 17.5 Å². The number of hydrogen-bond donors (Lipinski definition) is 0. The Hall–Kier alpha value is -2.46. The van der Waals surface area contributed by atoms with E-state index in [2.05, 4.69) is 23.8 Å². The van der Waals surface area contributed by atoms with Gasteiger partial charge in [-0.1, -0.05) is 62.4 Å². The fourth-order valence-corrected chi connectivity index (χ4v) is 2.97. The van der Waals surface area contributed by atoms with Crippen LogP contribution in [0.25, 0.3) is 22.0 Å². The maximum atomic E-state index is 12.8. The van der Waals surface area contributed by atoms with Crippen LogP contribution in [0.5, 0.6) is 0 Å². The zero-order valence-corrected chi connectivity index (χ0v) is 14.3. The van der Waals surface area contributed by atoms with Gasteiger partial charge in [-0.3, -0.25) is 4.79 Å². The van der Waals surface area contributed by atoms with Crippen LogP contribution in [-0.2, 0) is 6.54 Å². The van der Waals surface area contributed by atoms with Crippen LogP contribution in [0.4, 0.5) is 0 Å². The molecule has 0 radical (unpaired) electrons. The maximum Gasteiger partial charge on any atom is 0.274 e. The molecule has 0 amide bonds. The molecule has 1 aromatic heterocycles. The number of nitrogens with zero attached hydrogens (tertiary/aromatic N) is 3. The van der Waals surface area contributed by atoms with Crippen molar-refractivity contribution in [2.45, 2.75) is 20.4 Å². The summed E-state index contributed by atoms with van der Waals surface area (Å²) in [5.41, 5.74) is 1.88. The number of benzene rings is 2. The van der Waals surface area contributed by atoms with Crippen LogP contribution in [0.3, 0.4) is 0 Å². The van der Waals surface area contributed by atoms with Gasteiger partial charge in [-0.05, 0) is 19.2 Å². The highest BCUT2D eigenvalue weighted by molar-refractivity contribution is 5.93. The Morgan fingerprint density at radius 3 is 2.21 bits per heavy atom. The second-order valence-electron chi connectivity index (χ2n) is 5.82. The summed E-state index contributed by atoms with van der Waals surface area (Å²) < 4.78 is 1.61. The van der Waals surface area contributed by atoms with Crippen LogP contribution in [0.1, 0.15) is 13.8 Å². The molecule has 0 aliphatic rings. The summed E-state index contributed by atoms with van der Waals surface area (Å²) in [7, 11) is 0. The van der Waals surface area contributed by atoms with Crippen LogP contribution in [0, 0.1) is 0 Å². The Labute approximate surface area is 142 Å². The molecule has 4 heteroatoms. The summed E-state index contributed by atoms with van der Waals surface area (Å²) in [6.45, 7) is 7.65. The first-order valence-corrected chi connectivity index (χ1v) is 8.52. The van der Waals surface area contributed by atoms with E-state index in [4.69, 9.17) is 0 Å². The molecule has 0 N–H and O–H groups in total. The number of fused-ring (bicyclic) bond motifs is 1. The minimum atomic E-state index is -0.0163. The first kappa shape index (κ1) is 16.4. The lowest BCUT2D eigenvalue weighted by Gasteiger charge is -2.18. The van der Waals surface area contributed by atoms with Gasteiger partial charge >= 0.3 is 0 Å². The zero-order chi connectivity index (χ0) is 16.9. The summed E-state index contributed by atoms with van der Waals surface area (Å²) >= 11 is 0. The van der Waals surface area contributed by atoms with Crippen molar-refractivity contribution in [3.8, 4) is 11.3 Å². The number of likely N-dealkylation sites (N-methyl/N-ethyl adjacent to an activating group) is 1. The van der Waals surface area contributed by atoms with E-state index in [1.807, 2.05) is 54.6 Å². The summed E-state index contributed by atoms with van der Waals surface area (Å²) in [5.74, 6) is 0. The van der Waals surface area contributed by atoms with Crippen LogP contribution >= 0.6 is 0 Å². The van der Waals surface area contributed by atoms with Crippen molar-refractivity contribution >= 4 is 10.8 Å². The second kappa shape index (κ2) is 7.41. The van der Waals surface area contributed by atoms with Crippen LogP contribution in [0.2, 0.25) is 0 Å². The minimum absolute atomic E-state index is 0.0163. The standard InChI is InChI=1S/C20H23N3O/c1-3-22(4-2)14-15-23-20(24)18-13-9-8-12-17(18)19(21-23)16-10-6-5-7-11-16/h5-13H,3-4,14-15H2,1-2H3. The molecule has 124 valence electrons. The van der Waals surface area contributed by atoms with Crippen molar-refractivity contribution in [1.82, 2.24) is 14.7 Å². The van der Waals surface area contributed by atoms with Crippen molar-refractivity contribution in [1.29, 1.82) is 0 Å². The summed E-state index contributed by atoms with van der Waals surface area (Å²) in [6.07, 6.45) is 0. The molecule has 2 aromatic carbocycles. The Morgan fingerprint density at radius 1 is 0.917 bits per heavy atom. The highest BCUT2D eigenvalue weighted by atomic mass is 16.1. The fraction of sp³-hybridized carbons (Fsp3) is 0.300. The second-order valence-corrected chi connectivity index (χ2v) is 5.82. The van der Waals surface area contributed by atoms with E-state index in [1.54, 1.807) is 4.68 Å². The smallest absolute Gasteiger partial charge is 0.274 e. The third-order valence-corrected chi connectivity index (χ3v) is 4.44. The number of rotatable bonds is 6. The van der Waals surface area contributed by atoms with E-state index in [1.165, 1.54) is 0 Å². The molecule has 0 aliphatic carbocycles. The highest BCUT2D eigenvalue weighted by Crippen LogP contribution is 2.24. The molecule has 0 atom stereocenters. The molecule has 0 unspecified atom stereocenters. The quantitative estimate of drug-likeness (QED) is 0.698. The van der Waals surface area contributed by atoms with Gasteiger partial charge in [0.1, 0.15) is 0 Å².